The zero-order valence-electron chi connectivity index (χ0n) is 18.5. The number of unbranched alkanes of at least 4 members (excludes halogenated alkanes) is 1. The molecule has 0 fully saturated rings. The normalized spacial score (nSPS) is 14.0. The summed E-state index contributed by atoms with van der Waals surface area (Å²) >= 11 is 0. The van der Waals surface area contributed by atoms with E-state index in [9.17, 15) is 57.1 Å². The van der Waals surface area contributed by atoms with Crippen LogP contribution in [0, 0.1) is 0 Å². The first-order valence-electron chi connectivity index (χ1n) is 10.0. The average Bonchev–Trinajstić information content (AvgIpc) is 2.77. The quantitative estimate of drug-likeness (QED) is 0.252. The van der Waals surface area contributed by atoms with Crippen LogP contribution in [0.3, 0.4) is 0 Å². The molecule has 1 heterocycles. The molecule has 0 saturated carbocycles. The maximum absolute atomic E-state index is 13.8. The van der Waals surface area contributed by atoms with Crippen LogP contribution in [0.4, 0.5) is 69.0 Å². The van der Waals surface area contributed by atoms with Gasteiger partial charge in [-0.3, -0.25) is 0 Å². The molecule has 0 aliphatic carbocycles. The molecule has 2 rings (SSSR count). The highest BCUT2D eigenvalue weighted by atomic mass is 19.4. The van der Waals surface area contributed by atoms with Gasteiger partial charge in [0.25, 0.3) is 0 Å². The minimum Gasteiger partial charge on any atom is -0.494 e. The molecule has 0 unspecified atom stereocenters. The zero-order valence-corrected chi connectivity index (χ0v) is 18.5. The molecule has 0 radical (unpaired) electrons. The van der Waals surface area contributed by atoms with E-state index in [0.29, 0.717) is 5.56 Å². The number of aromatic nitrogens is 3. The molecule has 38 heavy (non-hydrogen) atoms. The molecule has 0 bridgehead atoms. The zero-order chi connectivity index (χ0) is 29.4. The second kappa shape index (κ2) is 10.1. The summed E-state index contributed by atoms with van der Waals surface area (Å²) in [5.41, 5.74) is 11.3. The standard InChI is InChI=1S/C19H16F13N5O/c20-14(21,15(22,23)16(24,25)17(26,27)18(28,29)19(30,31)32)7-1-2-8-38-10-5-3-9(4-6-10)11-35-12(33)37-13(34)36-11/h3-6H,1-2,7-8H2,(H4,33,34,35,36,37). The first-order valence-corrected chi connectivity index (χ1v) is 10.0. The third-order valence-electron chi connectivity index (χ3n) is 4.93. The molecule has 0 spiro atoms. The van der Waals surface area contributed by atoms with Gasteiger partial charge < -0.3 is 16.2 Å². The first-order chi connectivity index (χ1) is 17.1. The number of hydrogen-bond donors (Lipinski definition) is 2. The number of hydrogen-bond acceptors (Lipinski definition) is 6. The van der Waals surface area contributed by atoms with Crippen LogP contribution in [0.15, 0.2) is 24.3 Å². The molecule has 2 aromatic rings. The van der Waals surface area contributed by atoms with E-state index in [1.54, 1.807) is 0 Å². The van der Waals surface area contributed by atoms with Gasteiger partial charge in [0.15, 0.2) is 5.82 Å². The van der Waals surface area contributed by atoms with Crippen LogP contribution in [0.1, 0.15) is 19.3 Å². The lowest BCUT2D eigenvalue weighted by atomic mass is 9.92. The number of alkyl halides is 13. The van der Waals surface area contributed by atoms with Crippen LogP contribution in [0.25, 0.3) is 11.4 Å². The van der Waals surface area contributed by atoms with Gasteiger partial charge in [-0.2, -0.15) is 72.0 Å². The molecule has 19 heteroatoms. The molecule has 4 N–H and O–H groups in total. The number of halogens is 13. The summed E-state index contributed by atoms with van der Waals surface area (Å²) in [6.45, 7) is -0.495. The van der Waals surface area contributed by atoms with Crippen molar-refractivity contribution in [3.8, 4) is 17.1 Å². The molecule has 0 atom stereocenters. The Hall–Kier alpha value is -3.28. The van der Waals surface area contributed by atoms with Crippen molar-refractivity contribution in [2.45, 2.75) is 55.1 Å². The summed E-state index contributed by atoms with van der Waals surface area (Å²) in [5.74, 6) is -37.0. The highest BCUT2D eigenvalue weighted by Gasteiger charge is 2.90. The maximum atomic E-state index is 13.8. The fourth-order valence-corrected chi connectivity index (χ4v) is 2.84. The van der Waals surface area contributed by atoms with Crippen molar-refractivity contribution in [1.29, 1.82) is 0 Å². The van der Waals surface area contributed by atoms with E-state index in [1.165, 1.54) is 24.3 Å². The summed E-state index contributed by atoms with van der Waals surface area (Å²) in [4.78, 5) is 11.2. The Bertz CT molecular complexity index is 1090. The number of nitrogens with zero attached hydrogens (tertiary/aromatic N) is 3. The van der Waals surface area contributed by atoms with Crippen molar-refractivity contribution >= 4 is 11.9 Å². The summed E-state index contributed by atoms with van der Waals surface area (Å²) in [7, 11) is 0. The molecule has 6 nitrogen and oxygen atoms in total. The smallest absolute Gasteiger partial charge is 0.460 e. The fraction of sp³-hybridized carbons (Fsp3) is 0.526. The van der Waals surface area contributed by atoms with E-state index in [1.807, 2.05) is 0 Å². The maximum Gasteiger partial charge on any atom is 0.460 e. The second-order valence-corrected chi connectivity index (χ2v) is 7.71. The highest BCUT2D eigenvalue weighted by molar-refractivity contribution is 5.58. The number of nitrogens with two attached hydrogens (primary N) is 2. The van der Waals surface area contributed by atoms with E-state index in [4.69, 9.17) is 16.2 Å². The van der Waals surface area contributed by atoms with Crippen molar-refractivity contribution in [2.24, 2.45) is 0 Å². The predicted octanol–water partition coefficient (Wildman–Crippen LogP) is 5.99. The van der Waals surface area contributed by atoms with E-state index in [-0.39, 0.29) is 23.5 Å². The lowest BCUT2D eigenvalue weighted by Gasteiger charge is -2.39. The second-order valence-electron chi connectivity index (χ2n) is 7.71. The van der Waals surface area contributed by atoms with Crippen LogP contribution in [-0.4, -0.2) is 57.3 Å². The van der Waals surface area contributed by atoms with Gasteiger partial charge in [0.05, 0.1) is 6.61 Å². The lowest BCUT2D eigenvalue weighted by molar-refractivity contribution is -0.440. The van der Waals surface area contributed by atoms with Gasteiger partial charge in [-0.05, 0) is 37.1 Å². The van der Waals surface area contributed by atoms with Gasteiger partial charge in [-0.15, -0.1) is 0 Å². The van der Waals surface area contributed by atoms with Crippen LogP contribution < -0.4 is 16.2 Å². The van der Waals surface area contributed by atoms with Gasteiger partial charge in [0, 0.05) is 12.0 Å². The Morgan fingerprint density at radius 2 is 1.08 bits per heavy atom. The molecular formula is C19H16F13N5O. The minimum atomic E-state index is -7.90. The third-order valence-corrected chi connectivity index (χ3v) is 4.93. The molecule has 0 saturated heterocycles. The summed E-state index contributed by atoms with van der Waals surface area (Å²) in [6.07, 6.45) is -11.4. The van der Waals surface area contributed by atoms with Gasteiger partial charge in [-0.25, -0.2) is 0 Å². The molecule has 0 aliphatic heterocycles. The Morgan fingerprint density at radius 1 is 0.605 bits per heavy atom. The Morgan fingerprint density at radius 3 is 1.55 bits per heavy atom. The van der Waals surface area contributed by atoms with Gasteiger partial charge in [0.1, 0.15) is 5.75 Å². The van der Waals surface area contributed by atoms with Crippen molar-refractivity contribution in [3.63, 3.8) is 0 Å². The van der Waals surface area contributed by atoms with E-state index in [2.05, 4.69) is 15.0 Å². The topological polar surface area (TPSA) is 99.9 Å². The van der Waals surface area contributed by atoms with E-state index < -0.39 is 61.7 Å². The van der Waals surface area contributed by atoms with Gasteiger partial charge in [0.2, 0.25) is 11.9 Å². The molecule has 0 aliphatic rings. The molecule has 214 valence electrons. The fourth-order valence-electron chi connectivity index (χ4n) is 2.84. The van der Waals surface area contributed by atoms with Crippen LogP contribution in [0.2, 0.25) is 0 Å². The van der Waals surface area contributed by atoms with Crippen molar-refractivity contribution in [2.75, 3.05) is 18.1 Å². The molecule has 1 aromatic carbocycles. The summed E-state index contributed by atoms with van der Waals surface area (Å²) < 4.78 is 175. The lowest BCUT2D eigenvalue weighted by Crippen LogP contribution is -2.70. The number of ether oxygens (including phenoxy) is 1. The van der Waals surface area contributed by atoms with Gasteiger partial charge >= 0.3 is 35.8 Å². The van der Waals surface area contributed by atoms with Crippen LogP contribution in [0.5, 0.6) is 5.75 Å². The van der Waals surface area contributed by atoms with Crippen molar-refractivity contribution in [1.82, 2.24) is 15.0 Å². The van der Waals surface area contributed by atoms with E-state index in [0.717, 1.165) is 0 Å². The summed E-state index contributed by atoms with van der Waals surface area (Å²) in [6, 6.07) is 5.43. The largest absolute Gasteiger partial charge is 0.494 e. The van der Waals surface area contributed by atoms with Crippen molar-refractivity contribution < 1.29 is 61.8 Å². The van der Waals surface area contributed by atoms with Crippen molar-refractivity contribution in [3.05, 3.63) is 24.3 Å². The molecule has 0 amide bonds. The van der Waals surface area contributed by atoms with Gasteiger partial charge in [-0.1, -0.05) is 0 Å². The summed E-state index contributed by atoms with van der Waals surface area (Å²) in [5, 5.41) is 0. The highest BCUT2D eigenvalue weighted by Crippen LogP contribution is 2.60. The SMILES string of the molecule is Nc1nc(N)nc(-c2ccc(OCCCCC(F)(F)C(F)(F)C(F)(F)C(F)(F)C(F)(F)C(F)(F)F)cc2)n1. The Balaban J connectivity index is 2.00. The number of rotatable bonds is 11. The molecular weight excluding hydrogens is 561 g/mol. The first kappa shape index (κ1) is 30.9. The van der Waals surface area contributed by atoms with E-state index >= 15 is 0 Å². The third kappa shape index (κ3) is 5.59. The monoisotopic (exact) mass is 577 g/mol. The average molecular weight is 577 g/mol. The number of benzene rings is 1. The molecule has 1 aromatic heterocycles. The minimum absolute atomic E-state index is 0.0834. The van der Waals surface area contributed by atoms with Crippen LogP contribution >= 0.6 is 0 Å². The predicted molar refractivity (Wildman–Crippen MR) is 104 cm³/mol. The Labute approximate surface area is 204 Å². The number of nitrogen functional groups attached to an aromatic ring is 2. The number of anilines is 2. The van der Waals surface area contributed by atoms with Crippen LogP contribution in [-0.2, 0) is 0 Å². The Kier molecular flexibility index (Phi) is 8.24.